The highest BCUT2D eigenvalue weighted by atomic mass is 35.5. The number of aryl methyl sites for hydroxylation is 2. The van der Waals surface area contributed by atoms with E-state index in [4.69, 9.17) is 17.3 Å². The van der Waals surface area contributed by atoms with Gasteiger partial charge in [0, 0.05) is 22.5 Å². The highest BCUT2D eigenvalue weighted by Crippen LogP contribution is 2.32. The molecule has 2 heterocycles. The Hall–Kier alpha value is -3.84. The minimum atomic E-state index is -0.544. The molecule has 3 N–H and O–H groups in total. The van der Waals surface area contributed by atoms with Gasteiger partial charge in [-0.3, -0.25) is 9.78 Å². The maximum absolute atomic E-state index is 13.5. The summed E-state index contributed by atoms with van der Waals surface area (Å²) in [5.41, 5.74) is 10.3. The average molecular weight is 448 g/mol. The van der Waals surface area contributed by atoms with Gasteiger partial charge in [-0.1, -0.05) is 23.7 Å². The second kappa shape index (κ2) is 8.72. The van der Waals surface area contributed by atoms with Crippen molar-refractivity contribution in [2.24, 2.45) is 0 Å². The number of nitrogens with one attached hydrogen (secondary N) is 1. The Labute approximate surface area is 189 Å². The van der Waals surface area contributed by atoms with E-state index in [0.29, 0.717) is 33.2 Å². The van der Waals surface area contributed by atoms with Crippen LogP contribution in [-0.2, 0) is 0 Å². The molecule has 6 nitrogen and oxygen atoms in total. The first-order valence-corrected chi connectivity index (χ1v) is 10.1. The van der Waals surface area contributed by atoms with Crippen LogP contribution in [0.2, 0.25) is 5.02 Å². The fraction of sp³-hybridized carbons (Fsp3) is 0.0833. The van der Waals surface area contributed by atoms with Gasteiger partial charge in [-0.05, 0) is 62.4 Å². The van der Waals surface area contributed by atoms with Gasteiger partial charge in [-0.2, -0.15) is 0 Å². The lowest BCUT2D eigenvalue weighted by Crippen LogP contribution is -2.18. The number of rotatable bonds is 4. The van der Waals surface area contributed by atoms with Crippen molar-refractivity contribution < 1.29 is 9.18 Å². The number of anilines is 2. The summed E-state index contributed by atoms with van der Waals surface area (Å²) in [5, 5.41) is 3.11. The molecule has 2 aromatic carbocycles. The number of benzene rings is 2. The van der Waals surface area contributed by atoms with Crippen molar-refractivity contribution in [1.82, 2.24) is 15.0 Å². The third-order valence-corrected chi connectivity index (χ3v) is 5.06. The van der Waals surface area contributed by atoms with E-state index >= 15 is 0 Å². The number of carbonyl (C=O) groups is 1. The summed E-state index contributed by atoms with van der Waals surface area (Å²) in [5.74, 6) is -0.972. The maximum atomic E-state index is 13.5. The van der Waals surface area contributed by atoms with Crippen molar-refractivity contribution in [1.29, 1.82) is 0 Å². The summed E-state index contributed by atoms with van der Waals surface area (Å²) in [7, 11) is 0. The molecular formula is C24H19ClFN5O. The van der Waals surface area contributed by atoms with Crippen LogP contribution in [0.3, 0.4) is 0 Å². The Morgan fingerprint density at radius 2 is 1.53 bits per heavy atom. The van der Waals surface area contributed by atoms with E-state index in [1.165, 1.54) is 12.1 Å². The van der Waals surface area contributed by atoms with Crippen molar-refractivity contribution in [2.45, 2.75) is 13.8 Å². The van der Waals surface area contributed by atoms with Crippen molar-refractivity contribution in [3.8, 4) is 22.5 Å². The number of nitrogens with two attached hydrogens (primary N) is 1. The Morgan fingerprint density at radius 1 is 0.906 bits per heavy atom. The van der Waals surface area contributed by atoms with Crippen LogP contribution < -0.4 is 11.1 Å². The Kier molecular flexibility index (Phi) is 5.83. The molecule has 8 heteroatoms. The monoisotopic (exact) mass is 447 g/mol. The second-order valence-corrected chi connectivity index (χ2v) is 7.64. The van der Waals surface area contributed by atoms with Gasteiger partial charge in [-0.15, -0.1) is 0 Å². The zero-order chi connectivity index (χ0) is 22.8. The molecule has 0 saturated heterocycles. The van der Waals surface area contributed by atoms with Crippen molar-refractivity contribution in [3.05, 3.63) is 88.6 Å². The number of nitrogen functional groups attached to an aromatic ring is 1. The summed E-state index contributed by atoms with van der Waals surface area (Å²) in [4.78, 5) is 26.4. The molecule has 1 amide bonds. The largest absolute Gasteiger partial charge is 0.382 e. The summed E-state index contributed by atoms with van der Waals surface area (Å²) in [6, 6.07) is 16.4. The van der Waals surface area contributed by atoms with Gasteiger partial charge in [0.25, 0.3) is 5.91 Å². The lowest BCUT2D eigenvalue weighted by atomic mass is 10.0. The number of amides is 1. The van der Waals surface area contributed by atoms with Crippen molar-refractivity contribution in [2.75, 3.05) is 11.1 Å². The van der Waals surface area contributed by atoms with E-state index in [1.807, 2.05) is 26.0 Å². The molecule has 0 atom stereocenters. The van der Waals surface area contributed by atoms with Gasteiger partial charge in [0.15, 0.2) is 11.5 Å². The molecule has 0 spiro atoms. The number of aromatic nitrogens is 3. The van der Waals surface area contributed by atoms with Gasteiger partial charge >= 0.3 is 0 Å². The van der Waals surface area contributed by atoms with Crippen molar-refractivity contribution in [3.63, 3.8) is 0 Å². The number of halogens is 2. The number of hydrogen-bond donors (Lipinski definition) is 2. The Balaban J connectivity index is 1.87. The van der Waals surface area contributed by atoms with E-state index in [-0.39, 0.29) is 17.3 Å². The van der Waals surface area contributed by atoms with Gasteiger partial charge in [0.05, 0.1) is 22.1 Å². The summed E-state index contributed by atoms with van der Waals surface area (Å²) in [6.45, 7) is 3.73. The third kappa shape index (κ3) is 4.43. The minimum absolute atomic E-state index is 0.0436. The van der Waals surface area contributed by atoms with E-state index in [1.54, 1.807) is 36.4 Å². The summed E-state index contributed by atoms with van der Waals surface area (Å²) < 4.78 is 13.5. The van der Waals surface area contributed by atoms with Gasteiger partial charge in [-0.25, -0.2) is 14.4 Å². The van der Waals surface area contributed by atoms with Crippen molar-refractivity contribution >= 4 is 29.0 Å². The van der Waals surface area contributed by atoms with E-state index < -0.39 is 5.91 Å². The van der Waals surface area contributed by atoms with E-state index in [0.717, 1.165) is 11.4 Å². The molecule has 160 valence electrons. The number of para-hydroxylation sites is 1. The predicted octanol–water partition coefficient (Wildman–Crippen LogP) is 5.45. The van der Waals surface area contributed by atoms with Crippen LogP contribution in [0.1, 0.15) is 21.9 Å². The molecular weight excluding hydrogens is 429 g/mol. The van der Waals surface area contributed by atoms with E-state index in [2.05, 4.69) is 20.3 Å². The second-order valence-electron chi connectivity index (χ2n) is 7.23. The smallest absolute Gasteiger partial charge is 0.278 e. The first-order chi connectivity index (χ1) is 15.3. The molecule has 0 aliphatic rings. The molecule has 0 unspecified atom stereocenters. The zero-order valence-electron chi connectivity index (χ0n) is 17.4. The standard InChI is InChI=1S/C24H19ClFN5O/c1-13-11-16(12-14(2)28-13)21-20(15-7-9-17(26)10-8-15)31-23(27)22(30-21)24(32)29-19-6-4-3-5-18(19)25/h3-12H,1-2H3,(H2,27,31)(H,29,32). The van der Waals surface area contributed by atoms with Crippen LogP contribution in [0.4, 0.5) is 15.9 Å². The third-order valence-electron chi connectivity index (χ3n) is 4.73. The van der Waals surface area contributed by atoms with Gasteiger partial charge in [0.1, 0.15) is 5.82 Å². The van der Waals surface area contributed by atoms with Crippen LogP contribution in [0.5, 0.6) is 0 Å². The average Bonchev–Trinajstić information content (AvgIpc) is 2.75. The number of carbonyl (C=O) groups excluding carboxylic acids is 1. The van der Waals surface area contributed by atoms with Gasteiger partial charge < -0.3 is 11.1 Å². The molecule has 0 saturated carbocycles. The van der Waals surface area contributed by atoms with Gasteiger partial charge in [0.2, 0.25) is 0 Å². The highest BCUT2D eigenvalue weighted by molar-refractivity contribution is 6.33. The van der Waals surface area contributed by atoms with Crippen LogP contribution in [0.25, 0.3) is 22.5 Å². The quantitative estimate of drug-likeness (QED) is 0.434. The van der Waals surface area contributed by atoms with Crippen LogP contribution in [0.15, 0.2) is 60.7 Å². The topological polar surface area (TPSA) is 93.8 Å². The molecule has 0 bridgehead atoms. The Bertz CT molecular complexity index is 1300. The number of pyridine rings is 1. The fourth-order valence-corrected chi connectivity index (χ4v) is 3.52. The molecule has 32 heavy (non-hydrogen) atoms. The lowest BCUT2D eigenvalue weighted by molar-refractivity contribution is 0.102. The normalized spacial score (nSPS) is 10.8. The lowest BCUT2D eigenvalue weighted by Gasteiger charge is -2.14. The SMILES string of the molecule is Cc1cc(-c2nc(C(=O)Nc3ccccc3Cl)c(N)nc2-c2ccc(F)cc2)cc(C)n1. The highest BCUT2D eigenvalue weighted by Gasteiger charge is 2.21. The van der Waals surface area contributed by atoms with Crippen LogP contribution in [-0.4, -0.2) is 20.9 Å². The molecule has 0 aliphatic carbocycles. The fourth-order valence-electron chi connectivity index (χ4n) is 3.34. The molecule has 4 rings (SSSR count). The van der Waals surface area contributed by atoms with Crippen LogP contribution >= 0.6 is 11.6 Å². The molecule has 0 fully saturated rings. The minimum Gasteiger partial charge on any atom is -0.382 e. The molecule has 0 aliphatic heterocycles. The Morgan fingerprint density at radius 3 is 2.19 bits per heavy atom. The summed E-state index contributed by atoms with van der Waals surface area (Å²) in [6.07, 6.45) is 0. The molecule has 4 aromatic rings. The van der Waals surface area contributed by atoms with Crippen LogP contribution in [0, 0.1) is 19.7 Å². The molecule has 0 radical (unpaired) electrons. The zero-order valence-corrected chi connectivity index (χ0v) is 18.1. The molecule has 2 aromatic heterocycles. The number of nitrogens with zero attached hydrogens (tertiary/aromatic N) is 3. The maximum Gasteiger partial charge on any atom is 0.278 e. The first kappa shape index (κ1) is 21.4. The number of hydrogen-bond acceptors (Lipinski definition) is 5. The summed E-state index contributed by atoms with van der Waals surface area (Å²) >= 11 is 6.16. The first-order valence-electron chi connectivity index (χ1n) is 9.77. The van der Waals surface area contributed by atoms with E-state index in [9.17, 15) is 9.18 Å². The predicted molar refractivity (Wildman–Crippen MR) is 124 cm³/mol.